The van der Waals surface area contributed by atoms with Crippen LogP contribution < -0.4 is 5.73 Å². The molecule has 1 aliphatic carbocycles. The Morgan fingerprint density at radius 3 is 2.69 bits per heavy atom. The van der Waals surface area contributed by atoms with Gasteiger partial charge in [-0.15, -0.1) is 0 Å². The lowest BCUT2D eigenvalue weighted by molar-refractivity contribution is 0.605. The lowest BCUT2D eigenvalue weighted by atomic mass is 10.2. The van der Waals surface area contributed by atoms with Crippen molar-refractivity contribution < 1.29 is 0 Å². The fraction of sp³-hybridized carbons (Fsp3) is 0.615. The summed E-state index contributed by atoms with van der Waals surface area (Å²) in [6, 6.07) is 2.75. The first-order chi connectivity index (χ1) is 7.61. The van der Waals surface area contributed by atoms with E-state index < -0.39 is 0 Å². The average molecular weight is 217 g/mol. The van der Waals surface area contributed by atoms with Gasteiger partial charge in [0.05, 0.1) is 5.56 Å². The lowest BCUT2D eigenvalue weighted by Crippen LogP contribution is -2.04. The SMILES string of the molecule is CCCC1CC1n1c(C)c(C)c(C#N)c1N. The van der Waals surface area contributed by atoms with Crippen LogP contribution in [0.25, 0.3) is 0 Å². The molecule has 2 unspecified atom stereocenters. The third-order valence-corrected chi connectivity index (χ3v) is 3.78. The predicted molar refractivity (Wildman–Crippen MR) is 65.1 cm³/mol. The van der Waals surface area contributed by atoms with Crippen LogP contribution in [0.1, 0.15) is 49.0 Å². The molecule has 3 nitrogen and oxygen atoms in total. The number of hydrogen-bond donors (Lipinski definition) is 1. The highest BCUT2D eigenvalue weighted by Crippen LogP contribution is 2.49. The van der Waals surface area contributed by atoms with Gasteiger partial charge in [0.2, 0.25) is 0 Å². The van der Waals surface area contributed by atoms with Crippen molar-refractivity contribution in [3.8, 4) is 6.07 Å². The van der Waals surface area contributed by atoms with Gasteiger partial charge in [-0.05, 0) is 38.2 Å². The van der Waals surface area contributed by atoms with E-state index in [1.54, 1.807) is 0 Å². The molecule has 0 spiro atoms. The van der Waals surface area contributed by atoms with Crippen molar-refractivity contribution in [2.45, 2.75) is 46.1 Å². The van der Waals surface area contributed by atoms with Gasteiger partial charge < -0.3 is 10.3 Å². The van der Waals surface area contributed by atoms with Crippen LogP contribution >= 0.6 is 0 Å². The normalized spacial score (nSPS) is 23.1. The monoisotopic (exact) mass is 217 g/mol. The second-order valence-corrected chi connectivity index (χ2v) is 4.80. The van der Waals surface area contributed by atoms with Crippen molar-refractivity contribution in [1.82, 2.24) is 4.57 Å². The fourth-order valence-corrected chi connectivity index (χ4v) is 2.65. The number of nitrogens with zero attached hydrogens (tertiary/aromatic N) is 2. The van der Waals surface area contributed by atoms with Gasteiger partial charge in [-0.2, -0.15) is 5.26 Å². The van der Waals surface area contributed by atoms with E-state index in [2.05, 4.69) is 24.5 Å². The molecule has 0 amide bonds. The van der Waals surface area contributed by atoms with E-state index in [-0.39, 0.29) is 0 Å². The Morgan fingerprint density at radius 1 is 1.50 bits per heavy atom. The van der Waals surface area contributed by atoms with Gasteiger partial charge in [-0.3, -0.25) is 0 Å². The number of nitrogen functional groups attached to an aromatic ring is 1. The van der Waals surface area contributed by atoms with Crippen LogP contribution in [0.5, 0.6) is 0 Å². The second kappa shape index (κ2) is 3.86. The van der Waals surface area contributed by atoms with Gasteiger partial charge in [0.25, 0.3) is 0 Å². The molecule has 0 bridgehead atoms. The van der Waals surface area contributed by atoms with Crippen molar-refractivity contribution in [3.63, 3.8) is 0 Å². The van der Waals surface area contributed by atoms with Gasteiger partial charge >= 0.3 is 0 Å². The molecule has 0 saturated heterocycles. The van der Waals surface area contributed by atoms with Crippen LogP contribution in [0.3, 0.4) is 0 Å². The summed E-state index contributed by atoms with van der Waals surface area (Å²) in [5.74, 6) is 1.44. The van der Waals surface area contributed by atoms with Gasteiger partial charge in [0.1, 0.15) is 11.9 Å². The minimum Gasteiger partial charge on any atom is -0.384 e. The van der Waals surface area contributed by atoms with Crippen molar-refractivity contribution in [3.05, 3.63) is 16.8 Å². The molecule has 86 valence electrons. The number of rotatable bonds is 3. The Bertz CT molecular complexity index is 451. The second-order valence-electron chi connectivity index (χ2n) is 4.80. The van der Waals surface area contributed by atoms with Crippen LogP contribution in [0.4, 0.5) is 5.82 Å². The van der Waals surface area contributed by atoms with Crippen LogP contribution in [-0.2, 0) is 0 Å². The molecule has 2 atom stereocenters. The van der Waals surface area contributed by atoms with E-state index >= 15 is 0 Å². The number of hydrogen-bond acceptors (Lipinski definition) is 2. The highest BCUT2D eigenvalue weighted by Gasteiger charge is 2.40. The van der Waals surface area contributed by atoms with Gasteiger partial charge in [-0.25, -0.2) is 0 Å². The summed E-state index contributed by atoms with van der Waals surface area (Å²) in [6.07, 6.45) is 3.71. The quantitative estimate of drug-likeness (QED) is 0.846. The summed E-state index contributed by atoms with van der Waals surface area (Å²) in [4.78, 5) is 0. The summed E-state index contributed by atoms with van der Waals surface area (Å²) in [5.41, 5.74) is 8.93. The predicted octanol–water partition coefficient (Wildman–Crippen LogP) is 2.92. The Labute approximate surface area is 96.9 Å². The molecule has 0 aromatic carbocycles. The van der Waals surface area contributed by atoms with E-state index in [0.717, 1.165) is 17.2 Å². The van der Waals surface area contributed by atoms with Crippen molar-refractivity contribution >= 4 is 5.82 Å². The minimum absolute atomic E-state index is 0.542. The Morgan fingerprint density at radius 2 is 2.19 bits per heavy atom. The average Bonchev–Trinajstić information content (AvgIpc) is 2.94. The summed E-state index contributed by atoms with van der Waals surface area (Å²) < 4.78 is 2.17. The molecule has 0 radical (unpaired) electrons. The largest absolute Gasteiger partial charge is 0.384 e. The highest BCUT2D eigenvalue weighted by molar-refractivity contribution is 5.58. The van der Waals surface area contributed by atoms with Gasteiger partial charge in [-0.1, -0.05) is 13.3 Å². The molecule has 3 heteroatoms. The minimum atomic E-state index is 0.542. The molecule has 1 heterocycles. The number of nitrogens with two attached hydrogens (primary N) is 1. The Kier molecular flexibility index (Phi) is 2.67. The number of nitriles is 1. The maximum absolute atomic E-state index is 9.07. The molecule has 16 heavy (non-hydrogen) atoms. The standard InChI is InChI=1S/C13H19N3/c1-4-5-10-6-12(10)16-9(3)8(2)11(7-14)13(16)15/h10,12H,4-6,15H2,1-3H3. The zero-order chi connectivity index (χ0) is 11.9. The van der Waals surface area contributed by atoms with E-state index in [0.29, 0.717) is 17.4 Å². The number of aromatic nitrogens is 1. The maximum Gasteiger partial charge on any atom is 0.122 e. The van der Waals surface area contributed by atoms with E-state index in [1.807, 2.05) is 6.92 Å². The molecule has 0 aliphatic heterocycles. The van der Waals surface area contributed by atoms with E-state index in [4.69, 9.17) is 11.0 Å². The number of anilines is 1. The highest BCUT2D eigenvalue weighted by atomic mass is 15.1. The topological polar surface area (TPSA) is 54.7 Å². The van der Waals surface area contributed by atoms with Crippen LogP contribution in [0, 0.1) is 31.1 Å². The molecule has 1 aromatic heterocycles. The first kappa shape index (κ1) is 11.1. The molecular formula is C13H19N3. The van der Waals surface area contributed by atoms with Crippen LogP contribution in [0.15, 0.2) is 0 Å². The molecule has 2 rings (SSSR count). The molecule has 1 saturated carbocycles. The summed E-state index contributed by atoms with van der Waals surface area (Å²) in [7, 11) is 0. The summed E-state index contributed by atoms with van der Waals surface area (Å²) in [6.45, 7) is 6.26. The molecule has 1 aliphatic rings. The third-order valence-electron chi connectivity index (χ3n) is 3.78. The van der Waals surface area contributed by atoms with E-state index in [1.165, 1.54) is 19.3 Å². The maximum atomic E-state index is 9.07. The zero-order valence-electron chi connectivity index (χ0n) is 10.2. The van der Waals surface area contributed by atoms with Gasteiger partial charge in [0, 0.05) is 11.7 Å². The van der Waals surface area contributed by atoms with Crippen molar-refractivity contribution in [2.75, 3.05) is 5.73 Å². The summed E-state index contributed by atoms with van der Waals surface area (Å²) >= 11 is 0. The molecule has 2 N–H and O–H groups in total. The molecule has 1 fully saturated rings. The van der Waals surface area contributed by atoms with Gasteiger partial charge in [0.15, 0.2) is 0 Å². The van der Waals surface area contributed by atoms with Crippen molar-refractivity contribution in [1.29, 1.82) is 5.26 Å². The van der Waals surface area contributed by atoms with Crippen LogP contribution in [0.2, 0.25) is 0 Å². The van der Waals surface area contributed by atoms with Crippen LogP contribution in [-0.4, -0.2) is 4.57 Å². The smallest absolute Gasteiger partial charge is 0.122 e. The Balaban J connectivity index is 2.34. The van der Waals surface area contributed by atoms with E-state index in [9.17, 15) is 0 Å². The Hall–Kier alpha value is -1.43. The summed E-state index contributed by atoms with van der Waals surface area (Å²) in [5, 5.41) is 9.07. The molecular weight excluding hydrogens is 198 g/mol. The first-order valence-corrected chi connectivity index (χ1v) is 5.98. The first-order valence-electron chi connectivity index (χ1n) is 5.98. The molecule has 1 aromatic rings. The lowest BCUT2D eigenvalue weighted by Gasteiger charge is -2.08. The third kappa shape index (κ3) is 1.49. The van der Waals surface area contributed by atoms with Crippen molar-refractivity contribution in [2.24, 2.45) is 5.92 Å². The fourth-order valence-electron chi connectivity index (χ4n) is 2.65. The zero-order valence-corrected chi connectivity index (χ0v) is 10.2.